The summed E-state index contributed by atoms with van der Waals surface area (Å²) in [6.07, 6.45) is -0.295. The Labute approximate surface area is 178 Å². The highest BCUT2D eigenvalue weighted by Crippen LogP contribution is 2.28. The lowest BCUT2D eigenvalue weighted by atomic mass is 10.3. The van der Waals surface area contributed by atoms with Gasteiger partial charge in [-0.25, -0.2) is 0 Å². The van der Waals surface area contributed by atoms with Crippen LogP contribution in [0.2, 0.25) is 5.02 Å². The molecule has 0 unspecified atom stereocenters. The van der Waals surface area contributed by atoms with Crippen LogP contribution in [0.15, 0.2) is 53.7 Å². The third-order valence-corrected chi connectivity index (χ3v) is 5.25. The minimum atomic E-state index is -0.295. The molecule has 2 aromatic carbocycles. The molecule has 1 heterocycles. The van der Waals surface area contributed by atoms with Gasteiger partial charge in [-0.3, -0.25) is 4.79 Å². The largest absolute Gasteiger partial charge is 0.506 e. The van der Waals surface area contributed by atoms with Crippen molar-refractivity contribution in [1.82, 2.24) is 14.8 Å². The predicted molar refractivity (Wildman–Crippen MR) is 114 cm³/mol. The Morgan fingerprint density at radius 1 is 1.28 bits per heavy atom. The number of aromatic hydroxyl groups is 1. The number of phenolic OH excluding ortho intramolecular Hbond substituents is 1. The molecule has 0 saturated carbocycles. The average molecular weight is 433 g/mol. The topological polar surface area (TPSA) is 89.3 Å². The summed E-state index contributed by atoms with van der Waals surface area (Å²) in [5.41, 5.74) is 0.269. The fourth-order valence-electron chi connectivity index (χ4n) is 2.69. The van der Waals surface area contributed by atoms with Gasteiger partial charge in [0.1, 0.15) is 11.5 Å². The SMILES string of the molecule is CCn1c(SCC(=O)Nc2cc(Cl)ccc2O)nnc1[C@@H](C)Oc1ccccc1. The van der Waals surface area contributed by atoms with Crippen LogP contribution in [0.3, 0.4) is 0 Å². The molecule has 0 bridgehead atoms. The van der Waals surface area contributed by atoms with Crippen LogP contribution >= 0.6 is 23.4 Å². The fraction of sp³-hybridized carbons (Fsp3) is 0.250. The molecule has 0 radical (unpaired) electrons. The molecule has 3 rings (SSSR count). The lowest BCUT2D eigenvalue weighted by Crippen LogP contribution is -2.15. The van der Waals surface area contributed by atoms with E-state index in [2.05, 4.69) is 15.5 Å². The van der Waals surface area contributed by atoms with Gasteiger partial charge in [0.2, 0.25) is 5.91 Å². The van der Waals surface area contributed by atoms with Crippen molar-refractivity contribution in [2.75, 3.05) is 11.1 Å². The van der Waals surface area contributed by atoms with Gasteiger partial charge in [-0.1, -0.05) is 41.6 Å². The highest BCUT2D eigenvalue weighted by Gasteiger charge is 2.19. The number of aromatic nitrogens is 3. The summed E-state index contributed by atoms with van der Waals surface area (Å²) in [4.78, 5) is 12.3. The molecule has 0 fully saturated rings. The maximum Gasteiger partial charge on any atom is 0.234 e. The van der Waals surface area contributed by atoms with E-state index in [1.165, 1.54) is 23.9 Å². The fourth-order valence-corrected chi connectivity index (χ4v) is 3.67. The number of amides is 1. The number of carbonyl (C=O) groups excluding carboxylic acids is 1. The van der Waals surface area contributed by atoms with Gasteiger partial charge in [0.25, 0.3) is 0 Å². The third kappa shape index (κ3) is 5.42. The number of nitrogens with one attached hydrogen (secondary N) is 1. The quantitative estimate of drug-likeness (QED) is 0.401. The first-order valence-electron chi connectivity index (χ1n) is 9.04. The number of halogens is 1. The highest BCUT2D eigenvalue weighted by atomic mass is 35.5. The van der Waals surface area contributed by atoms with Crippen molar-refractivity contribution in [3.63, 3.8) is 0 Å². The first-order valence-corrected chi connectivity index (χ1v) is 10.4. The number of rotatable bonds is 8. The number of para-hydroxylation sites is 1. The van der Waals surface area contributed by atoms with Gasteiger partial charge >= 0.3 is 0 Å². The number of phenols is 1. The summed E-state index contributed by atoms with van der Waals surface area (Å²) in [6.45, 7) is 4.53. The molecule has 1 atom stereocenters. The lowest BCUT2D eigenvalue weighted by Gasteiger charge is -2.15. The normalized spacial score (nSPS) is 11.8. The van der Waals surface area contributed by atoms with E-state index in [0.29, 0.717) is 22.5 Å². The van der Waals surface area contributed by atoms with Crippen LogP contribution in [0.25, 0.3) is 0 Å². The zero-order chi connectivity index (χ0) is 20.8. The van der Waals surface area contributed by atoms with Crippen LogP contribution in [-0.4, -0.2) is 31.5 Å². The van der Waals surface area contributed by atoms with Crippen molar-refractivity contribution in [3.05, 3.63) is 59.4 Å². The molecule has 0 saturated heterocycles. The minimum absolute atomic E-state index is 0.0429. The maximum atomic E-state index is 12.3. The molecule has 9 heteroatoms. The first kappa shape index (κ1) is 21.0. The molecule has 0 aliphatic carbocycles. The van der Waals surface area contributed by atoms with E-state index in [4.69, 9.17) is 16.3 Å². The summed E-state index contributed by atoms with van der Waals surface area (Å²) in [5.74, 6) is 1.22. The van der Waals surface area contributed by atoms with Crippen molar-refractivity contribution in [3.8, 4) is 11.5 Å². The van der Waals surface area contributed by atoms with E-state index in [-0.39, 0.29) is 29.2 Å². The summed E-state index contributed by atoms with van der Waals surface area (Å²) in [5, 5.41) is 22.0. The summed E-state index contributed by atoms with van der Waals surface area (Å²) < 4.78 is 7.85. The number of thioether (sulfide) groups is 1. The summed E-state index contributed by atoms with van der Waals surface area (Å²) >= 11 is 7.16. The number of hydrogen-bond donors (Lipinski definition) is 2. The Morgan fingerprint density at radius 3 is 2.76 bits per heavy atom. The monoisotopic (exact) mass is 432 g/mol. The predicted octanol–water partition coefficient (Wildman–Crippen LogP) is 4.53. The van der Waals surface area contributed by atoms with Gasteiger partial charge < -0.3 is 19.7 Å². The second-order valence-corrected chi connectivity index (χ2v) is 7.54. The average Bonchev–Trinajstić information content (AvgIpc) is 3.13. The van der Waals surface area contributed by atoms with Gasteiger partial charge in [0, 0.05) is 11.6 Å². The van der Waals surface area contributed by atoms with E-state index < -0.39 is 0 Å². The third-order valence-electron chi connectivity index (χ3n) is 4.05. The van der Waals surface area contributed by atoms with Crippen molar-refractivity contribution >= 4 is 35.0 Å². The van der Waals surface area contributed by atoms with E-state index in [9.17, 15) is 9.90 Å². The van der Waals surface area contributed by atoms with Gasteiger partial charge in [0.15, 0.2) is 17.1 Å². The van der Waals surface area contributed by atoms with Crippen molar-refractivity contribution < 1.29 is 14.6 Å². The number of hydrogen-bond acceptors (Lipinski definition) is 6. The number of nitrogens with zero attached hydrogens (tertiary/aromatic N) is 3. The van der Waals surface area contributed by atoms with Crippen LogP contribution < -0.4 is 10.1 Å². The Kier molecular flexibility index (Phi) is 7.00. The number of benzene rings is 2. The molecule has 0 aliphatic rings. The van der Waals surface area contributed by atoms with Gasteiger partial charge in [0.05, 0.1) is 11.4 Å². The molecule has 1 amide bonds. The van der Waals surface area contributed by atoms with Crippen LogP contribution in [0, 0.1) is 0 Å². The number of carbonyl (C=O) groups is 1. The van der Waals surface area contributed by atoms with E-state index in [1.807, 2.05) is 48.7 Å². The second kappa shape index (κ2) is 9.67. The maximum absolute atomic E-state index is 12.3. The molecule has 7 nitrogen and oxygen atoms in total. The van der Waals surface area contributed by atoms with Crippen LogP contribution in [0.1, 0.15) is 25.8 Å². The Morgan fingerprint density at radius 2 is 2.03 bits per heavy atom. The Hall–Kier alpha value is -2.71. The molecule has 1 aromatic heterocycles. The smallest absolute Gasteiger partial charge is 0.234 e. The molecule has 152 valence electrons. The molecule has 29 heavy (non-hydrogen) atoms. The second-order valence-electron chi connectivity index (χ2n) is 6.16. The molecule has 2 N–H and O–H groups in total. The van der Waals surface area contributed by atoms with Gasteiger partial charge in [-0.15, -0.1) is 10.2 Å². The zero-order valence-electron chi connectivity index (χ0n) is 16.0. The van der Waals surface area contributed by atoms with Crippen LogP contribution in [0.4, 0.5) is 5.69 Å². The van der Waals surface area contributed by atoms with E-state index in [0.717, 1.165) is 5.75 Å². The van der Waals surface area contributed by atoms with E-state index in [1.54, 1.807) is 6.07 Å². The summed E-state index contributed by atoms with van der Waals surface area (Å²) in [6, 6.07) is 14.0. The van der Waals surface area contributed by atoms with Gasteiger partial charge in [-0.05, 0) is 44.2 Å². The Balaban J connectivity index is 1.64. The minimum Gasteiger partial charge on any atom is -0.506 e. The molecule has 0 aliphatic heterocycles. The first-order chi connectivity index (χ1) is 14.0. The number of anilines is 1. The van der Waals surface area contributed by atoms with E-state index >= 15 is 0 Å². The van der Waals surface area contributed by atoms with Crippen LogP contribution in [0.5, 0.6) is 11.5 Å². The molecular weight excluding hydrogens is 412 g/mol. The van der Waals surface area contributed by atoms with Gasteiger partial charge in [-0.2, -0.15) is 0 Å². The van der Waals surface area contributed by atoms with Crippen molar-refractivity contribution in [1.29, 1.82) is 0 Å². The number of ether oxygens (including phenoxy) is 1. The highest BCUT2D eigenvalue weighted by molar-refractivity contribution is 7.99. The molecule has 0 spiro atoms. The molecular formula is C20H21ClN4O3S. The standard InChI is InChI=1S/C20H21ClN4O3S/c1-3-25-19(13(2)28-15-7-5-4-6-8-15)23-24-20(25)29-12-18(27)22-16-11-14(21)9-10-17(16)26/h4-11,13,26H,3,12H2,1-2H3,(H,22,27)/t13-/m1/s1. The molecule has 3 aromatic rings. The Bertz CT molecular complexity index is 981. The summed E-state index contributed by atoms with van der Waals surface area (Å²) in [7, 11) is 0. The zero-order valence-corrected chi connectivity index (χ0v) is 17.6. The van der Waals surface area contributed by atoms with Crippen LogP contribution in [-0.2, 0) is 11.3 Å². The van der Waals surface area contributed by atoms with Crippen molar-refractivity contribution in [2.24, 2.45) is 0 Å². The lowest BCUT2D eigenvalue weighted by molar-refractivity contribution is -0.113. The van der Waals surface area contributed by atoms with Crippen molar-refractivity contribution in [2.45, 2.75) is 31.7 Å².